The molecule has 2 heterocycles. The van der Waals surface area contributed by atoms with Gasteiger partial charge in [-0.25, -0.2) is 8.42 Å². The van der Waals surface area contributed by atoms with Gasteiger partial charge in [0.15, 0.2) is 0 Å². The van der Waals surface area contributed by atoms with Crippen LogP contribution in [0.15, 0.2) is 70.9 Å². The van der Waals surface area contributed by atoms with Crippen LogP contribution in [0.25, 0.3) is 0 Å². The van der Waals surface area contributed by atoms with E-state index in [2.05, 4.69) is 10.6 Å². The number of carbonyl (C=O) groups excluding carboxylic acids is 2. The van der Waals surface area contributed by atoms with Gasteiger partial charge in [0.2, 0.25) is 10.0 Å². The molecule has 2 amide bonds. The highest BCUT2D eigenvalue weighted by molar-refractivity contribution is 7.89. The first-order chi connectivity index (χ1) is 15.8. The molecule has 1 aliphatic heterocycles. The molecule has 9 heteroatoms. The lowest BCUT2D eigenvalue weighted by molar-refractivity contribution is 0.102. The number of hydrogen-bond donors (Lipinski definition) is 2. The normalized spacial score (nSPS) is 16.8. The Labute approximate surface area is 197 Å². The summed E-state index contributed by atoms with van der Waals surface area (Å²) in [6.07, 6.45) is 2.74. The van der Waals surface area contributed by atoms with E-state index < -0.39 is 10.0 Å². The minimum Gasteiger partial charge on any atom is -0.322 e. The molecule has 0 radical (unpaired) electrons. The number of nitrogens with one attached hydrogen (secondary N) is 2. The molecule has 172 valence electrons. The van der Waals surface area contributed by atoms with Crippen molar-refractivity contribution in [3.8, 4) is 0 Å². The Morgan fingerprint density at radius 3 is 2.27 bits per heavy atom. The Bertz CT molecular complexity index is 1240. The van der Waals surface area contributed by atoms with Crippen LogP contribution in [0.4, 0.5) is 11.4 Å². The van der Waals surface area contributed by atoms with Crippen molar-refractivity contribution >= 4 is 44.5 Å². The van der Waals surface area contributed by atoms with Gasteiger partial charge in [-0.2, -0.15) is 4.31 Å². The van der Waals surface area contributed by atoms with Crippen molar-refractivity contribution in [2.75, 3.05) is 17.2 Å². The van der Waals surface area contributed by atoms with E-state index in [1.54, 1.807) is 40.7 Å². The monoisotopic (exact) mass is 483 g/mol. The fourth-order valence-corrected chi connectivity index (χ4v) is 6.14. The summed E-state index contributed by atoms with van der Waals surface area (Å²) in [5.74, 6) is -0.583. The maximum Gasteiger partial charge on any atom is 0.265 e. The molecule has 4 rings (SSSR count). The van der Waals surface area contributed by atoms with Crippen molar-refractivity contribution in [2.45, 2.75) is 37.1 Å². The number of sulfonamides is 1. The molecular weight excluding hydrogens is 458 g/mol. The third-order valence-electron chi connectivity index (χ3n) is 5.59. The second-order valence-corrected chi connectivity index (χ2v) is 10.8. The van der Waals surface area contributed by atoms with Gasteiger partial charge in [0, 0.05) is 29.5 Å². The first kappa shape index (κ1) is 23.2. The summed E-state index contributed by atoms with van der Waals surface area (Å²) in [6.45, 7) is 2.45. The largest absolute Gasteiger partial charge is 0.322 e. The summed E-state index contributed by atoms with van der Waals surface area (Å²) in [7, 11) is -3.59. The lowest BCUT2D eigenvalue weighted by atomic mass is 10.1. The maximum absolute atomic E-state index is 13.0. The number of piperidine rings is 1. The van der Waals surface area contributed by atoms with Crippen molar-refractivity contribution in [3.63, 3.8) is 0 Å². The van der Waals surface area contributed by atoms with Crippen LogP contribution >= 0.6 is 11.3 Å². The molecule has 0 bridgehead atoms. The number of anilines is 2. The molecule has 1 aromatic heterocycles. The summed E-state index contributed by atoms with van der Waals surface area (Å²) in [5.41, 5.74) is 1.42. The minimum absolute atomic E-state index is 0.0284. The zero-order chi connectivity index (χ0) is 23.4. The fourth-order valence-electron chi connectivity index (χ4n) is 3.82. The highest BCUT2D eigenvalue weighted by atomic mass is 32.2. The van der Waals surface area contributed by atoms with Crippen LogP contribution in [-0.4, -0.2) is 37.1 Å². The van der Waals surface area contributed by atoms with E-state index >= 15 is 0 Å². The number of thiophene rings is 1. The Balaban J connectivity index is 1.43. The van der Waals surface area contributed by atoms with Crippen LogP contribution in [0.1, 0.15) is 46.2 Å². The molecule has 0 spiro atoms. The highest BCUT2D eigenvalue weighted by Crippen LogP contribution is 2.25. The van der Waals surface area contributed by atoms with Crippen molar-refractivity contribution < 1.29 is 18.0 Å². The van der Waals surface area contributed by atoms with Crippen LogP contribution < -0.4 is 10.6 Å². The number of benzene rings is 2. The van der Waals surface area contributed by atoms with Gasteiger partial charge >= 0.3 is 0 Å². The van der Waals surface area contributed by atoms with Crippen LogP contribution in [-0.2, 0) is 10.0 Å². The zero-order valence-electron chi connectivity index (χ0n) is 18.2. The number of carbonyl (C=O) groups is 2. The van der Waals surface area contributed by atoms with E-state index in [9.17, 15) is 18.0 Å². The number of hydrogen-bond acceptors (Lipinski definition) is 5. The molecule has 1 fully saturated rings. The molecule has 0 aliphatic carbocycles. The van der Waals surface area contributed by atoms with Crippen LogP contribution in [0.3, 0.4) is 0 Å². The number of amides is 2. The Morgan fingerprint density at radius 1 is 0.939 bits per heavy atom. The molecule has 1 atom stereocenters. The second-order valence-electron chi connectivity index (χ2n) is 7.95. The number of rotatable bonds is 6. The molecule has 1 unspecified atom stereocenters. The first-order valence-electron chi connectivity index (χ1n) is 10.7. The van der Waals surface area contributed by atoms with Gasteiger partial charge in [-0.15, -0.1) is 11.3 Å². The summed E-state index contributed by atoms with van der Waals surface area (Å²) in [6, 6.07) is 16.3. The van der Waals surface area contributed by atoms with E-state index in [-0.39, 0.29) is 22.8 Å². The predicted molar refractivity (Wildman–Crippen MR) is 130 cm³/mol. The van der Waals surface area contributed by atoms with E-state index in [1.807, 2.05) is 12.3 Å². The van der Waals surface area contributed by atoms with Crippen LogP contribution in [0, 0.1) is 0 Å². The molecule has 7 nitrogen and oxygen atoms in total. The lowest BCUT2D eigenvalue weighted by Crippen LogP contribution is -2.41. The van der Waals surface area contributed by atoms with Gasteiger partial charge in [-0.3, -0.25) is 9.59 Å². The summed E-state index contributed by atoms with van der Waals surface area (Å²) in [5, 5.41) is 7.42. The van der Waals surface area contributed by atoms with Gasteiger partial charge < -0.3 is 10.6 Å². The average Bonchev–Trinajstić information content (AvgIpc) is 3.35. The topological polar surface area (TPSA) is 95.6 Å². The van der Waals surface area contributed by atoms with Crippen molar-refractivity contribution in [1.82, 2.24) is 4.31 Å². The van der Waals surface area contributed by atoms with Crippen molar-refractivity contribution in [1.29, 1.82) is 0 Å². The second kappa shape index (κ2) is 9.86. The molecule has 0 saturated carbocycles. The highest BCUT2D eigenvalue weighted by Gasteiger charge is 2.30. The van der Waals surface area contributed by atoms with Crippen LogP contribution in [0.5, 0.6) is 0 Å². The van der Waals surface area contributed by atoms with E-state index in [0.717, 1.165) is 19.3 Å². The smallest absolute Gasteiger partial charge is 0.265 e. The summed E-state index contributed by atoms with van der Waals surface area (Å²) < 4.78 is 27.5. The molecule has 2 aromatic carbocycles. The average molecular weight is 484 g/mol. The molecule has 1 saturated heterocycles. The molecule has 33 heavy (non-hydrogen) atoms. The van der Waals surface area contributed by atoms with Gasteiger partial charge in [-0.05, 0) is 73.7 Å². The molecule has 2 N–H and O–H groups in total. The molecular formula is C24H25N3O4S2. The quantitative estimate of drug-likeness (QED) is 0.526. The third kappa shape index (κ3) is 5.32. The molecule has 1 aliphatic rings. The minimum atomic E-state index is -3.59. The zero-order valence-corrected chi connectivity index (χ0v) is 19.8. The Hall–Kier alpha value is -3.01. The van der Waals surface area contributed by atoms with Crippen LogP contribution in [0.2, 0.25) is 0 Å². The number of nitrogens with zero attached hydrogens (tertiary/aromatic N) is 1. The SMILES string of the molecule is CC1CCCCN1S(=O)(=O)c1ccc(C(=O)Nc2cccc(NC(=O)c3cccs3)c2)cc1. The lowest BCUT2D eigenvalue weighted by Gasteiger charge is -2.32. The standard InChI is InChI=1S/C24H25N3O4S2/c1-17-6-2-3-14-27(17)33(30,31)21-12-10-18(11-13-21)23(28)25-19-7-4-8-20(16-19)26-24(29)22-9-5-15-32-22/h4-5,7-13,15-17H,2-3,6,14H2,1H3,(H,25,28)(H,26,29). The van der Waals surface area contributed by atoms with E-state index in [4.69, 9.17) is 0 Å². The Morgan fingerprint density at radius 2 is 1.64 bits per heavy atom. The summed E-state index contributed by atoms with van der Waals surface area (Å²) in [4.78, 5) is 25.7. The fraction of sp³-hybridized carbons (Fsp3) is 0.250. The van der Waals surface area contributed by atoms with E-state index in [1.165, 1.54) is 35.6 Å². The predicted octanol–water partition coefficient (Wildman–Crippen LogP) is 4.82. The third-order valence-corrected chi connectivity index (χ3v) is 8.48. The van der Waals surface area contributed by atoms with Gasteiger partial charge in [-0.1, -0.05) is 18.6 Å². The van der Waals surface area contributed by atoms with Crippen molar-refractivity contribution in [3.05, 3.63) is 76.5 Å². The van der Waals surface area contributed by atoms with Crippen molar-refractivity contribution in [2.24, 2.45) is 0 Å². The first-order valence-corrected chi connectivity index (χ1v) is 13.0. The van der Waals surface area contributed by atoms with Gasteiger partial charge in [0.25, 0.3) is 11.8 Å². The maximum atomic E-state index is 13.0. The van der Waals surface area contributed by atoms with E-state index in [0.29, 0.717) is 28.4 Å². The molecule has 3 aromatic rings. The Kier molecular flexibility index (Phi) is 6.92. The van der Waals surface area contributed by atoms with Gasteiger partial charge in [0.1, 0.15) is 0 Å². The van der Waals surface area contributed by atoms with Gasteiger partial charge in [0.05, 0.1) is 9.77 Å². The summed E-state index contributed by atoms with van der Waals surface area (Å²) >= 11 is 1.35.